The molecule has 0 amide bonds. The van der Waals surface area contributed by atoms with Crippen molar-refractivity contribution in [3.8, 4) is 0 Å². The zero-order valence-corrected chi connectivity index (χ0v) is 14.3. The molecular weight excluding hydrogens is 264 g/mol. The predicted molar refractivity (Wildman–Crippen MR) is 83.8 cm³/mol. The molecule has 2 fully saturated rings. The normalized spacial score (nSPS) is 37.9. The molecule has 2 aliphatic rings. The van der Waals surface area contributed by atoms with Gasteiger partial charge in [0.2, 0.25) is 0 Å². The fourth-order valence-corrected chi connectivity index (χ4v) is 4.66. The molecule has 0 aromatic carbocycles. The second-order valence-corrected chi connectivity index (χ2v) is 8.58. The van der Waals surface area contributed by atoms with Crippen LogP contribution in [0.5, 0.6) is 0 Å². The smallest absolute Gasteiger partial charge is 0.311 e. The highest BCUT2D eigenvalue weighted by Crippen LogP contribution is 2.57. The topological polar surface area (TPSA) is 46.5 Å². The van der Waals surface area contributed by atoms with Crippen molar-refractivity contribution >= 4 is 5.97 Å². The first-order valence-electron chi connectivity index (χ1n) is 8.51. The van der Waals surface area contributed by atoms with Crippen LogP contribution in [0.25, 0.3) is 0 Å². The Morgan fingerprint density at radius 3 is 2.62 bits per heavy atom. The summed E-state index contributed by atoms with van der Waals surface area (Å²) in [6.45, 7) is 10.7. The lowest BCUT2D eigenvalue weighted by Gasteiger charge is -2.45. The Balaban J connectivity index is 1.97. The number of carbonyl (C=O) groups is 1. The lowest BCUT2D eigenvalue weighted by atomic mass is 9.62. The number of hydrogen-bond acceptors (Lipinski definition) is 3. The number of fused-ring (bicyclic) bond motifs is 1. The molecule has 0 aliphatic heterocycles. The molecule has 5 atom stereocenters. The van der Waals surface area contributed by atoms with Gasteiger partial charge in [0.15, 0.2) is 0 Å². The van der Waals surface area contributed by atoms with Crippen molar-refractivity contribution in [2.24, 2.45) is 28.6 Å². The molecular formula is C18H32O3. The fraction of sp³-hybridized carbons (Fsp3) is 0.944. The summed E-state index contributed by atoms with van der Waals surface area (Å²) < 4.78 is 5.53. The molecule has 122 valence electrons. The van der Waals surface area contributed by atoms with Crippen LogP contribution in [-0.4, -0.2) is 23.8 Å². The number of aliphatic hydroxyl groups excluding tert-OH is 1. The average molecular weight is 296 g/mol. The molecule has 2 rings (SSSR count). The number of aliphatic hydroxyl groups is 1. The van der Waals surface area contributed by atoms with Crippen LogP contribution in [-0.2, 0) is 9.53 Å². The van der Waals surface area contributed by atoms with E-state index in [1.807, 2.05) is 20.8 Å². The molecule has 0 saturated heterocycles. The van der Waals surface area contributed by atoms with Crippen molar-refractivity contribution in [3.05, 3.63) is 0 Å². The maximum absolute atomic E-state index is 11.9. The monoisotopic (exact) mass is 296 g/mol. The van der Waals surface area contributed by atoms with Gasteiger partial charge in [-0.1, -0.05) is 20.3 Å². The molecule has 2 saturated carbocycles. The zero-order valence-electron chi connectivity index (χ0n) is 14.3. The van der Waals surface area contributed by atoms with Crippen LogP contribution in [0.15, 0.2) is 0 Å². The van der Waals surface area contributed by atoms with E-state index in [0.717, 1.165) is 25.7 Å². The summed E-state index contributed by atoms with van der Waals surface area (Å²) in [5.41, 5.74) is -0.200. The van der Waals surface area contributed by atoms with Crippen molar-refractivity contribution in [1.29, 1.82) is 0 Å². The number of carbonyl (C=O) groups excluding carboxylic acids is 1. The molecule has 0 bridgehead atoms. The van der Waals surface area contributed by atoms with Gasteiger partial charge in [0.05, 0.1) is 18.1 Å². The number of rotatable bonds is 3. The highest BCUT2D eigenvalue weighted by atomic mass is 16.5. The van der Waals surface area contributed by atoms with Crippen LogP contribution in [0.2, 0.25) is 0 Å². The Kier molecular flexibility index (Phi) is 4.72. The van der Waals surface area contributed by atoms with Gasteiger partial charge >= 0.3 is 5.97 Å². The van der Waals surface area contributed by atoms with Gasteiger partial charge in [-0.25, -0.2) is 0 Å². The summed E-state index contributed by atoms with van der Waals surface area (Å²) in [7, 11) is 0. The van der Waals surface area contributed by atoms with Crippen LogP contribution >= 0.6 is 0 Å². The standard InChI is InChI=1S/C18H32O3/c1-12(11-21-16(20)17(2,3)4)13-8-9-14-15(19)7-6-10-18(13,14)5/h12-15,19H,6-11H2,1-5H3/t12-,13-,14+,15+,18?/m1/s1. The molecule has 0 heterocycles. The summed E-state index contributed by atoms with van der Waals surface area (Å²) in [4.78, 5) is 11.9. The first-order valence-corrected chi connectivity index (χ1v) is 8.51. The molecule has 3 nitrogen and oxygen atoms in total. The molecule has 3 heteroatoms. The van der Waals surface area contributed by atoms with Gasteiger partial charge < -0.3 is 9.84 Å². The van der Waals surface area contributed by atoms with E-state index in [2.05, 4.69) is 13.8 Å². The quantitative estimate of drug-likeness (QED) is 0.806. The maximum atomic E-state index is 11.9. The minimum atomic E-state index is -0.428. The van der Waals surface area contributed by atoms with Crippen LogP contribution in [0, 0.1) is 28.6 Å². The largest absolute Gasteiger partial charge is 0.465 e. The highest BCUT2D eigenvalue weighted by molar-refractivity contribution is 5.75. The molecule has 1 N–H and O–H groups in total. The summed E-state index contributed by atoms with van der Waals surface area (Å²) >= 11 is 0. The van der Waals surface area contributed by atoms with Gasteiger partial charge in [0.25, 0.3) is 0 Å². The molecule has 0 spiro atoms. The van der Waals surface area contributed by atoms with Gasteiger partial charge in [-0.2, -0.15) is 0 Å². The Morgan fingerprint density at radius 2 is 2.00 bits per heavy atom. The van der Waals surface area contributed by atoms with Gasteiger partial charge in [0.1, 0.15) is 0 Å². The first kappa shape index (κ1) is 16.8. The second-order valence-electron chi connectivity index (χ2n) is 8.58. The third kappa shape index (κ3) is 3.28. The van der Waals surface area contributed by atoms with Crippen LogP contribution < -0.4 is 0 Å². The van der Waals surface area contributed by atoms with Crippen LogP contribution in [0.3, 0.4) is 0 Å². The Bertz CT molecular complexity index is 384. The number of ether oxygens (including phenoxy) is 1. The Hall–Kier alpha value is -0.570. The van der Waals surface area contributed by atoms with E-state index < -0.39 is 5.41 Å². The van der Waals surface area contributed by atoms with E-state index in [-0.39, 0.29) is 17.5 Å². The third-order valence-corrected chi connectivity index (χ3v) is 5.94. The SMILES string of the molecule is C[C@H](COC(=O)C(C)(C)C)[C@H]1CC[C@H]2[C@@H](O)CCCC12C. The zero-order chi connectivity index (χ0) is 15.8. The highest BCUT2D eigenvalue weighted by Gasteiger charge is 2.52. The summed E-state index contributed by atoms with van der Waals surface area (Å²) in [5.74, 6) is 1.26. The van der Waals surface area contributed by atoms with E-state index >= 15 is 0 Å². The minimum absolute atomic E-state index is 0.113. The van der Waals surface area contributed by atoms with Crippen LogP contribution in [0.4, 0.5) is 0 Å². The molecule has 21 heavy (non-hydrogen) atoms. The van der Waals surface area contributed by atoms with Gasteiger partial charge in [0, 0.05) is 0 Å². The van der Waals surface area contributed by atoms with Gasteiger partial charge in [-0.15, -0.1) is 0 Å². The maximum Gasteiger partial charge on any atom is 0.311 e. The first-order chi connectivity index (χ1) is 9.66. The number of esters is 1. The third-order valence-electron chi connectivity index (χ3n) is 5.94. The molecule has 1 unspecified atom stereocenters. The van der Waals surface area contributed by atoms with E-state index in [4.69, 9.17) is 4.74 Å². The number of hydrogen-bond donors (Lipinski definition) is 1. The molecule has 2 aliphatic carbocycles. The van der Waals surface area contributed by atoms with Crippen molar-refractivity contribution < 1.29 is 14.6 Å². The Morgan fingerprint density at radius 1 is 1.33 bits per heavy atom. The van der Waals surface area contributed by atoms with Crippen molar-refractivity contribution in [3.63, 3.8) is 0 Å². The van der Waals surface area contributed by atoms with Crippen LogP contribution in [0.1, 0.15) is 66.7 Å². The van der Waals surface area contributed by atoms with Crippen molar-refractivity contribution in [2.45, 2.75) is 72.8 Å². The van der Waals surface area contributed by atoms with E-state index in [1.54, 1.807) is 0 Å². The summed E-state index contributed by atoms with van der Waals surface area (Å²) in [5, 5.41) is 10.3. The molecule has 0 radical (unpaired) electrons. The Labute approximate surface area is 129 Å². The average Bonchev–Trinajstić information content (AvgIpc) is 2.73. The fourth-order valence-electron chi connectivity index (χ4n) is 4.66. The van der Waals surface area contributed by atoms with E-state index in [9.17, 15) is 9.90 Å². The second kappa shape index (κ2) is 5.91. The van der Waals surface area contributed by atoms with E-state index in [1.165, 1.54) is 6.42 Å². The van der Waals surface area contributed by atoms with Gasteiger partial charge in [-0.05, 0) is 69.6 Å². The van der Waals surface area contributed by atoms with E-state index in [0.29, 0.717) is 24.4 Å². The molecule has 0 aromatic rings. The minimum Gasteiger partial charge on any atom is -0.465 e. The summed E-state index contributed by atoms with van der Waals surface area (Å²) in [6.07, 6.45) is 5.45. The van der Waals surface area contributed by atoms with Crippen molar-refractivity contribution in [2.75, 3.05) is 6.61 Å². The van der Waals surface area contributed by atoms with Gasteiger partial charge in [-0.3, -0.25) is 4.79 Å². The molecule has 0 aromatic heterocycles. The summed E-state index contributed by atoms with van der Waals surface area (Å²) in [6, 6.07) is 0. The van der Waals surface area contributed by atoms with Crippen molar-refractivity contribution in [1.82, 2.24) is 0 Å². The predicted octanol–water partition coefficient (Wildman–Crippen LogP) is 3.79. The lowest BCUT2D eigenvalue weighted by molar-refractivity contribution is -0.155. The lowest BCUT2D eigenvalue weighted by Crippen LogP contribution is -2.42.